The van der Waals surface area contributed by atoms with Crippen molar-refractivity contribution >= 4 is 5.95 Å². The molecular formula is C13H24N4. The summed E-state index contributed by atoms with van der Waals surface area (Å²) in [4.78, 5) is 6.80. The van der Waals surface area contributed by atoms with Gasteiger partial charge in [-0.15, -0.1) is 0 Å². The summed E-state index contributed by atoms with van der Waals surface area (Å²) in [6.45, 7) is 5.18. The van der Waals surface area contributed by atoms with Gasteiger partial charge in [0.15, 0.2) is 0 Å². The molecular weight excluding hydrogens is 212 g/mol. The van der Waals surface area contributed by atoms with Gasteiger partial charge in [0, 0.05) is 38.1 Å². The molecule has 1 heterocycles. The zero-order valence-electron chi connectivity index (χ0n) is 11.0. The first kappa shape index (κ1) is 12.4. The van der Waals surface area contributed by atoms with Gasteiger partial charge in [0.2, 0.25) is 5.95 Å². The summed E-state index contributed by atoms with van der Waals surface area (Å²) in [5.74, 6) is 0.993. The highest BCUT2D eigenvalue weighted by atomic mass is 15.2. The van der Waals surface area contributed by atoms with E-state index in [4.69, 9.17) is 0 Å². The third kappa shape index (κ3) is 3.22. The van der Waals surface area contributed by atoms with Crippen molar-refractivity contribution in [2.75, 3.05) is 25.5 Å². The first-order chi connectivity index (χ1) is 8.31. The lowest BCUT2D eigenvalue weighted by atomic mass is 10.2. The van der Waals surface area contributed by atoms with E-state index in [9.17, 15) is 0 Å². The summed E-state index contributed by atoms with van der Waals surface area (Å²) in [6, 6.07) is 0.808. The van der Waals surface area contributed by atoms with Crippen LogP contribution in [0.25, 0.3) is 0 Å². The molecule has 17 heavy (non-hydrogen) atoms. The third-order valence-corrected chi connectivity index (χ3v) is 3.75. The molecule has 0 atom stereocenters. The van der Waals surface area contributed by atoms with Crippen LogP contribution in [0.2, 0.25) is 0 Å². The van der Waals surface area contributed by atoms with Crippen LogP contribution in [-0.2, 0) is 6.54 Å². The fraction of sp³-hybridized carbons (Fsp3) is 0.769. The number of hydrogen-bond acceptors (Lipinski definition) is 3. The molecule has 4 heteroatoms. The Labute approximate surface area is 104 Å². The molecule has 1 aliphatic rings. The van der Waals surface area contributed by atoms with Crippen molar-refractivity contribution in [3.8, 4) is 0 Å². The standard InChI is InChI=1S/C13H24N4/c1-3-17-11-9-15-13(17)14-8-10-16(2)12-6-4-5-7-12/h9,11-12H,3-8,10H2,1-2H3,(H,14,15). The number of aryl methyl sites for hydroxylation is 1. The van der Waals surface area contributed by atoms with Crippen LogP contribution < -0.4 is 5.32 Å². The number of rotatable bonds is 6. The summed E-state index contributed by atoms with van der Waals surface area (Å²) < 4.78 is 2.13. The Kier molecular flexibility index (Phi) is 4.42. The van der Waals surface area contributed by atoms with Gasteiger partial charge >= 0.3 is 0 Å². The number of nitrogens with one attached hydrogen (secondary N) is 1. The van der Waals surface area contributed by atoms with Crippen LogP contribution in [-0.4, -0.2) is 40.6 Å². The first-order valence-corrected chi connectivity index (χ1v) is 6.76. The minimum Gasteiger partial charge on any atom is -0.354 e. The van der Waals surface area contributed by atoms with E-state index in [0.717, 1.165) is 31.6 Å². The van der Waals surface area contributed by atoms with Gasteiger partial charge in [0.25, 0.3) is 0 Å². The summed E-state index contributed by atoms with van der Waals surface area (Å²) in [6.07, 6.45) is 9.43. The van der Waals surface area contributed by atoms with Crippen molar-refractivity contribution in [1.82, 2.24) is 14.5 Å². The second-order valence-corrected chi connectivity index (χ2v) is 4.88. The number of aromatic nitrogens is 2. The third-order valence-electron chi connectivity index (χ3n) is 3.75. The molecule has 1 N–H and O–H groups in total. The average Bonchev–Trinajstić information content (AvgIpc) is 2.99. The maximum atomic E-state index is 4.31. The van der Waals surface area contributed by atoms with Crippen molar-refractivity contribution in [1.29, 1.82) is 0 Å². The van der Waals surface area contributed by atoms with Crippen LogP contribution in [0.15, 0.2) is 12.4 Å². The first-order valence-electron chi connectivity index (χ1n) is 6.76. The molecule has 1 saturated carbocycles. The molecule has 0 unspecified atom stereocenters. The van der Waals surface area contributed by atoms with E-state index in [-0.39, 0.29) is 0 Å². The van der Waals surface area contributed by atoms with Crippen LogP contribution in [0.5, 0.6) is 0 Å². The quantitative estimate of drug-likeness (QED) is 0.822. The zero-order chi connectivity index (χ0) is 12.1. The fourth-order valence-corrected chi connectivity index (χ4v) is 2.60. The number of likely N-dealkylation sites (N-methyl/N-ethyl adjacent to an activating group) is 1. The Hall–Kier alpha value is -1.03. The predicted molar refractivity (Wildman–Crippen MR) is 71.3 cm³/mol. The largest absolute Gasteiger partial charge is 0.354 e. The molecule has 4 nitrogen and oxygen atoms in total. The Bertz CT molecular complexity index is 328. The number of hydrogen-bond donors (Lipinski definition) is 1. The lowest BCUT2D eigenvalue weighted by Crippen LogP contribution is -2.33. The fourth-order valence-electron chi connectivity index (χ4n) is 2.60. The van der Waals surface area contributed by atoms with E-state index in [1.54, 1.807) is 0 Å². The molecule has 0 saturated heterocycles. The van der Waals surface area contributed by atoms with Crippen molar-refractivity contribution < 1.29 is 0 Å². The minimum absolute atomic E-state index is 0.808. The molecule has 1 aliphatic carbocycles. The molecule has 1 aromatic rings. The van der Waals surface area contributed by atoms with Crippen molar-refractivity contribution in [2.24, 2.45) is 0 Å². The molecule has 0 radical (unpaired) electrons. The zero-order valence-corrected chi connectivity index (χ0v) is 11.0. The summed E-state index contributed by atoms with van der Waals surface area (Å²) >= 11 is 0. The molecule has 0 amide bonds. The van der Waals surface area contributed by atoms with Crippen molar-refractivity contribution in [2.45, 2.75) is 45.2 Å². The highest BCUT2D eigenvalue weighted by Crippen LogP contribution is 2.21. The summed E-state index contributed by atoms with van der Waals surface area (Å²) in [7, 11) is 2.24. The van der Waals surface area contributed by atoms with Gasteiger partial charge in [0.05, 0.1) is 0 Å². The second-order valence-electron chi connectivity index (χ2n) is 4.88. The van der Waals surface area contributed by atoms with Crippen LogP contribution in [0, 0.1) is 0 Å². The van der Waals surface area contributed by atoms with Crippen molar-refractivity contribution in [3.05, 3.63) is 12.4 Å². The van der Waals surface area contributed by atoms with E-state index in [1.165, 1.54) is 25.7 Å². The van der Waals surface area contributed by atoms with Crippen LogP contribution in [0.3, 0.4) is 0 Å². The molecule has 0 bridgehead atoms. The van der Waals surface area contributed by atoms with Gasteiger partial charge in [-0.1, -0.05) is 12.8 Å². The maximum absolute atomic E-state index is 4.31. The number of anilines is 1. The number of imidazole rings is 1. The van der Waals surface area contributed by atoms with Crippen LogP contribution >= 0.6 is 0 Å². The minimum atomic E-state index is 0.808. The molecule has 1 aromatic heterocycles. The molecule has 96 valence electrons. The Balaban J connectivity index is 1.71. The Morgan fingerprint density at radius 3 is 2.94 bits per heavy atom. The molecule has 0 aliphatic heterocycles. The van der Waals surface area contributed by atoms with E-state index in [2.05, 4.69) is 33.7 Å². The molecule has 0 aromatic carbocycles. The lowest BCUT2D eigenvalue weighted by molar-refractivity contribution is 0.254. The highest BCUT2D eigenvalue weighted by Gasteiger charge is 2.18. The molecule has 1 fully saturated rings. The predicted octanol–water partition coefficient (Wildman–Crippen LogP) is 2.19. The summed E-state index contributed by atoms with van der Waals surface area (Å²) in [5.41, 5.74) is 0. The second kappa shape index (κ2) is 6.05. The van der Waals surface area contributed by atoms with E-state index < -0.39 is 0 Å². The average molecular weight is 236 g/mol. The Morgan fingerprint density at radius 1 is 1.47 bits per heavy atom. The van der Waals surface area contributed by atoms with Gasteiger partial charge in [0.1, 0.15) is 0 Å². The van der Waals surface area contributed by atoms with Gasteiger partial charge in [-0.25, -0.2) is 4.98 Å². The monoisotopic (exact) mass is 236 g/mol. The molecule has 2 rings (SSSR count). The van der Waals surface area contributed by atoms with E-state index in [1.807, 2.05) is 12.4 Å². The van der Waals surface area contributed by atoms with E-state index >= 15 is 0 Å². The van der Waals surface area contributed by atoms with Crippen LogP contribution in [0.4, 0.5) is 5.95 Å². The normalized spacial score (nSPS) is 16.9. The van der Waals surface area contributed by atoms with Gasteiger partial charge in [-0.05, 0) is 26.8 Å². The molecule has 0 spiro atoms. The highest BCUT2D eigenvalue weighted by molar-refractivity contribution is 5.25. The van der Waals surface area contributed by atoms with Gasteiger partial charge in [-0.3, -0.25) is 0 Å². The van der Waals surface area contributed by atoms with E-state index in [0.29, 0.717) is 0 Å². The number of nitrogens with zero attached hydrogens (tertiary/aromatic N) is 3. The van der Waals surface area contributed by atoms with Gasteiger partial charge in [-0.2, -0.15) is 0 Å². The van der Waals surface area contributed by atoms with Crippen LogP contribution in [0.1, 0.15) is 32.6 Å². The topological polar surface area (TPSA) is 33.1 Å². The Morgan fingerprint density at radius 2 is 2.24 bits per heavy atom. The lowest BCUT2D eigenvalue weighted by Gasteiger charge is -2.24. The smallest absolute Gasteiger partial charge is 0.202 e. The summed E-state index contributed by atoms with van der Waals surface area (Å²) in [5, 5.41) is 3.41. The maximum Gasteiger partial charge on any atom is 0.202 e. The van der Waals surface area contributed by atoms with Crippen molar-refractivity contribution in [3.63, 3.8) is 0 Å². The SMILES string of the molecule is CCn1ccnc1NCCN(C)C1CCCC1. The van der Waals surface area contributed by atoms with Gasteiger partial charge < -0.3 is 14.8 Å².